The highest BCUT2D eigenvalue weighted by molar-refractivity contribution is 8.76. The summed E-state index contributed by atoms with van der Waals surface area (Å²) in [5, 5.41) is 15.5. The van der Waals surface area contributed by atoms with Gasteiger partial charge in [0.2, 0.25) is 17.7 Å². The maximum Gasteiger partial charge on any atom is 0.513 e. The number of rotatable bonds is 13. The zero-order chi connectivity index (χ0) is 41.6. The Kier molecular flexibility index (Phi) is 13.0. The molecule has 19 heteroatoms. The van der Waals surface area contributed by atoms with Gasteiger partial charge >= 0.3 is 6.16 Å². The topological polar surface area (TPSA) is 213 Å². The second-order valence-electron chi connectivity index (χ2n) is 15.0. The third-order valence-corrected chi connectivity index (χ3v) is 13.8. The summed E-state index contributed by atoms with van der Waals surface area (Å²) in [4.78, 5) is 56.8. The molecule has 316 valence electrons. The smallest absolute Gasteiger partial charge is 0.489 e. The van der Waals surface area contributed by atoms with Gasteiger partial charge in [-0.05, 0) is 67.9 Å². The Labute approximate surface area is 355 Å². The van der Waals surface area contributed by atoms with Gasteiger partial charge in [0.25, 0.3) is 0 Å². The van der Waals surface area contributed by atoms with Gasteiger partial charge in [0, 0.05) is 49.2 Å². The molecular formula is C41H48N10O7S2. The third kappa shape index (κ3) is 9.18. The molecule has 17 nitrogen and oxygen atoms in total. The summed E-state index contributed by atoms with van der Waals surface area (Å²) >= 11 is 0. The van der Waals surface area contributed by atoms with Crippen LogP contribution in [0.5, 0.6) is 11.5 Å². The van der Waals surface area contributed by atoms with Crippen LogP contribution in [0.1, 0.15) is 50.0 Å². The summed E-state index contributed by atoms with van der Waals surface area (Å²) in [7, 11) is 3.19. The number of imide groups is 1. The maximum absolute atomic E-state index is 13.7. The van der Waals surface area contributed by atoms with Crippen LogP contribution >= 0.6 is 21.6 Å². The first-order valence-corrected chi connectivity index (χ1v) is 22.7. The quantitative estimate of drug-likeness (QED) is 0.0567. The fraction of sp³-hybridized carbons (Fsp3) is 0.439. The summed E-state index contributed by atoms with van der Waals surface area (Å²) in [6.07, 6.45) is 7.23. The molecular weight excluding hydrogens is 809 g/mol. The van der Waals surface area contributed by atoms with Gasteiger partial charge in [-0.2, -0.15) is 5.10 Å². The van der Waals surface area contributed by atoms with Crippen LogP contribution in [-0.4, -0.2) is 118 Å². The number of amides is 3. The number of carbonyl (C=O) groups is 4. The van der Waals surface area contributed by atoms with Gasteiger partial charge in [0.1, 0.15) is 36.4 Å². The summed E-state index contributed by atoms with van der Waals surface area (Å²) in [6, 6.07) is 14.7. The van der Waals surface area contributed by atoms with Gasteiger partial charge < -0.3 is 35.5 Å². The van der Waals surface area contributed by atoms with E-state index in [0.717, 1.165) is 55.0 Å². The van der Waals surface area contributed by atoms with E-state index in [9.17, 15) is 19.2 Å². The molecule has 1 saturated carbocycles. The first kappa shape index (κ1) is 41.4. The number of para-hydroxylation sites is 2. The highest BCUT2D eigenvalue weighted by Gasteiger charge is 2.38. The van der Waals surface area contributed by atoms with Gasteiger partial charge in [0.05, 0.1) is 42.6 Å². The fourth-order valence-electron chi connectivity index (χ4n) is 8.45. The number of ether oxygens (including phenoxy) is 3. The molecule has 60 heavy (non-hydrogen) atoms. The summed E-state index contributed by atoms with van der Waals surface area (Å²) in [5.74, 6) is 2.49. The van der Waals surface area contributed by atoms with Crippen molar-refractivity contribution in [1.82, 2.24) is 30.2 Å². The normalized spacial score (nSPS) is 20.9. The van der Waals surface area contributed by atoms with Crippen molar-refractivity contribution < 1.29 is 33.4 Å². The van der Waals surface area contributed by atoms with Crippen molar-refractivity contribution in [1.29, 1.82) is 0 Å². The molecule has 4 aromatic rings. The van der Waals surface area contributed by atoms with E-state index in [-0.39, 0.29) is 48.0 Å². The van der Waals surface area contributed by atoms with Crippen LogP contribution in [0.2, 0.25) is 0 Å². The van der Waals surface area contributed by atoms with E-state index in [2.05, 4.69) is 36.5 Å². The molecule has 3 aliphatic heterocycles. The molecule has 2 aromatic carbocycles. The van der Waals surface area contributed by atoms with Crippen molar-refractivity contribution in [3.05, 3.63) is 66.5 Å². The predicted molar refractivity (Wildman–Crippen MR) is 229 cm³/mol. The molecule has 8 rings (SSSR count). The second-order valence-corrected chi connectivity index (χ2v) is 17.7. The number of carbonyl (C=O) groups excluding carboxylic acids is 4. The van der Waals surface area contributed by atoms with E-state index in [0.29, 0.717) is 79.9 Å². The lowest BCUT2D eigenvalue weighted by Crippen LogP contribution is -2.54. The first-order valence-electron chi connectivity index (χ1n) is 20.2. The van der Waals surface area contributed by atoms with Crippen LogP contribution in [0.15, 0.2) is 60.9 Å². The third-order valence-electron chi connectivity index (χ3n) is 11.4. The molecule has 0 bridgehead atoms. The molecule has 2 saturated heterocycles. The van der Waals surface area contributed by atoms with Crippen molar-refractivity contribution in [2.24, 2.45) is 5.73 Å². The van der Waals surface area contributed by atoms with Crippen LogP contribution in [0.25, 0.3) is 16.9 Å². The largest absolute Gasteiger partial charge is 0.513 e. The Morgan fingerprint density at radius 1 is 0.950 bits per heavy atom. The monoisotopic (exact) mass is 856 g/mol. The average molecular weight is 857 g/mol. The Balaban J connectivity index is 0.871. The van der Waals surface area contributed by atoms with Crippen LogP contribution in [-0.2, 0) is 19.1 Å². The number of fused-ring (bicyclic) bond motifs is 1. The molecule has 0 spiro atoms. The minimum Gasteiger partial charge on any atom is -0.489 e. The Morgan fingerprint density at radius 3 is 2.60 bits per heavy atom. The number of hydrogen-bond donors (Lipinski definition) is 3. The first-order chi connectivity index (χ1) is 29.3. The number of hydrogen-bond acceptors (Lipinski definition) is 16. The number of aromatic nitrogens is 4. The minimum absolute atomic E-state index is 0.00521. The molecule has 0 radical (unpaired) electrons. The molecule has 5 N–H and O–H groups in total. The Morgan fingerprint density at radius 2 is 1.78 bits per heavy atom. The Bertz CT molecular complexity index is 2220. The molecule has 1 aliphatic carbocycles. The van der Waals surface area contributed by atoms with E-state index in [1.807, 2.05) is 12.1 Å². The zero-order valence-electron chi connectivity index (χ0n) is 33.1. The standard InChI is InChI=1S/C41H48N10O7S2/c42-14-20-59-60-21-19-57-41(55)58-35-7-2-1-4-30(35)31-22-34(39(43)47-46-31)51-24-28(23-44-51)49-16-15-48(25-37(49)53)27-10-8-26(9-11-27)29-5-3-6-32-38(29)56-18-17-50(32)33-12-13-36(52)45-40(33)54/h1-7,22-24,26-27,33H,8-21,25,42H2,(H2,43,47)(H,45,52,54)/t26?,27?,33-/m0/s1. The molecule has 5 heterocycles. The van der Waals surface area contributed by atoms with Crippen molar-refractivity contribution in [3.63, 3.8) is 0 Å². The number of nitrogen functional groups attached to an aromatic ring is 1. The zero-order valence-corrected chi connectivity index (χ0v) is 34.7. The van der Waals surface area contributed by atoms with E-state index in [4.69, 9.17) is 25.7 Å². The van der Waals surface area contributed by atoms with Gasteiger partial charge in [0.15, 0.2) is 5.82 Å². The van der Waals surface area contributed by atoms with Crippen LogP contribution in [0.3, 0.4) is 0 Å². The molecule has 0 unspecified atom stereocenters. The number of benzene rings is 2. The van der Waals surface area contributed by atoms with Crippen molar-refractivity contribution in [3.8, 4) is 28.4 Å². The van der Waals surface area contributed by atoms with E-state index >= 15 is 0 Å². The van der Waals surface area contributed by atoms with Gasteiger partial charge in [-0.1, -0.05) is 45.9 Å². The van der Waals surface area contributed by atoms with Crippen molar-refractivity contribution in [2.45, 2.75) is 56.5 Å². The van der Waals surface area contributed by atoms with E-state index in [1.54, 1.807) is 73.9 Å². The lowest BCUT2D eigenvalue weighted by molar-refractivity contribution is -0.134. The SMILES string of the molecule is NCCSSCCOC(=O)Oc1ccccc1-c1cc(-n2cc(N3CCN(C4CCC(c5cccc6c5OCCN6[C@H]5CCC(=O)NC5=O)CC4)CC3=O)cn2)c(N)nn1. The highest BCUT2D eigenvalue weighted by Crippen LogP contribution is 2.45. The molecule has 2 aromatic heterocycles. The van der Waals surface area contributed by atoms with Crippen LogP contribution in [0, 0.1) is 0 Å². The predicted octanol–water partition coefficient (Wildman–Crippen LogP) is 4.15. The highest BCUT2D eigenvalue weighted by atomic mass is 33.1. The van der Waals surface area contributed by atoms with Crippen LogP contribution < -0.4 is 36.1 Å². The number of nitrogens with zero attached hydrogens (tertiary/aromatic N) is 7. The summed E-state index contributed by atoms with van der Waals surface area (Å²) in [5.41, 5.74) is 15.9. The molecule has 1 atom stereocenters. The van der Waals surface area contributed by atoms with Gasteiger partial charge in [-0.25, -0.2) is 9.48 Å². The number of piperidine rings is 1. The van der Waals surface area contributed by atoms with Crippen molar-refractivity contribution in [2.75, 3.05) is 73.0 Å². The molecule has 3 fully saturated rings. The average Bonchev–Trinajstić information content (AvgIpc) is 3.75. The number of nitrogens with two attached hydrogens (primary N) is 2. The maximum atomic E-state index is 13.7. The van der Waals surface area contributed by atoms with Crippen LogP contribution in [0.4, 0.5) is 22.0 Å². The van der Waals surface area contributed by atoms with Gasteiger partial charge in [-0.3, -0.25) is 24.6 Å². The second kappa shape index (κ2) is 18.9. The molecule has 4 aliphatic rings. The minimum atomic E-state index is -0.827. The van der Waals surface area contributed by atoms with Gasteiger partial charge in [-0.15, -0.1) is 10.2 Å². The number of nitrogens with one attached hydrogen (secondary N) is 1. The number of anilines is 3. The summed E-state index contributed by atoms with van der Waals surface area (Å²) in [6.45, 7) is 3.40. The van der Waals surface area contributed by atoms with Crippen molar-refractivity contribution >= 4 is 62.7 Å². The Hall–Kier alpha value is -5.37. The lowest BCUT2D eigenvalue weighted by Gasteiger charge is -2.42. The number of piperazine rings is 1. The summed E-state index contributed by atoms with van der Waals surface area (Å²) < 4.78 is 18.6. The van der Waals surface area contributed by atoms with E-state index < -0.39 is 6.16 Å². The van der Waals surface area contributed by atoms with E-state index in [1.165, 1.54) is 0 Å². The fourth-order valence-corrected chi connectivity index (χ4v) is 10.1. The molecule has 3 amide bonds. The lowest BCUT2D eigenvalue weighted by atomic mass is 9.80.